The number of ether oxygens (including phenoxy) is 1. The van der Waals surface area contributed by atoms with E-state index in [9.17, 15) is 21.6 Å². The number of pyridine rings is 1. The fraction of sp³-hybridized carbons (Fsp3) is 0.192. The van der Waals surface area contributed by atoms with E-state index in [4.69, 9.17) is 9.57 Å². The minimum atomic E-state index is -4.53. The minimum Gasteiger partial charge on any atom is -0.457 e. The molecule has 4 aromatic rings. The van der Waals surface area contributed by atoms with Gasteiger partial charge in [-0.2, -0.15) is 13.2 Å². The second-order valence-electron chi connectivity index (χ2n) is 7.93. The number of nitrogens with zero attached hydrogens (tertiary/aromatic N) is 1. The summed E-state index contributed by atoms with van der Waals surface area (Å²) >= 11 is 0. The van der Waals surface area contributed by atoms with Gasteiger partial charge in [-0.3, -0.25) is 4.98 Å². The van der Waals surface area contributed by atoms with Crippen LogP contribution in [-0.4, -0.2) is 32.8 Å². The molecular weight excluding hydrogens is 493 g/mol. The maximum Gasteiger partial charge on any atom is 0.418 e. The molecule has 0 radical (unpaired) electrons. The van der Waals surface area contributed by atoms with E-state index < -0.39 is 21.6 Å². The van der Waals surface area contributed by atoms with E-state index in [1.807, 2.05) is 0 Å². The lowest BCUT2D eigenvalue weighted by molar-refractivity contribution is -0.136. The summed E-state index contributed by atoms with van der Waals surface area (Å²) in [7, 11) is -2.06. The molecule has 1 heterocycles. The molecule has 0 saturated heterocycles. The first kappa shape index (κ1) is 25.6. The van der Waals surface area contributed by atoms with Crippen molar-refractivity contribution in [2.75, 3.05) is 19.4 Å². The molecule has 0 aliphatic rings. The highest BCUT2D eigenvalue weighted by molar-refractivity contribution is 7.91. The number of rotatable bonds is 9. The number of aromatic nitrogens is 1. The van der Waals surface area contributed by atoms with E-state index in [0.717, 1.165) is 6.07 Å². The van der Waals surface area contributed by atoms with Crippen LogP contribution in [0.2, 0.25) is 0 Å². The first-order valence-electron chi connectivity index (χ1n) is 11.0. The van der Waals surface area contributed by atoms with Gasteiger partial charge in [-0.15, -0.1) is 0 Å². The van der Waals surface area contributed by atoms with E-state index >= 15 is 0 Å². The van der Waals surface area contributed by atoms with Gasteiger partial charge in [0.05, 0.1) is 28.8 Å². The molecule has 188 valence electrons. The molecule has 0 spiro atoms. The second-order valence-corrected chi connectivity index (χ2v) is 10.0. The Morgan fingerprint density at radius 3 is 2.42 bits per heavy atom. The van der Waals surface area contributed by atoms with Crippen molar-refractivity contribution in [1.29, 1.82) is 0 Å². The fourth-order valence-corrected chi connectivity index (χ4v) is 5.15. The van der Waals surface area contributed by atoms with Crippen LogP contribution in [-0.2, 0) is 20.9 Å². The summed E-state index contributed by atoms with van der Waals surface area (Å²) in [5.41, 5.74) is 2.88. The second kappa shape index (κ2) is 10.7. The topological polar surface area (TPSA) is 77.5 Å². The van der Waals surface area contributed by atoms with Gasteiger partial charge in [0.1, 0.15) is 11.5 Å². The van der Waals surface area contributed by atoms with Gasteiger partial charge >= 0.3 is 6.18 Å². The number of hydrogen-bond donors (Lipinski definition) is 1. The van der Waals surface area contributed by atoms with Gasteiger partial charge in [-0.05, 0) is 60.0 Å². The summed E-state index contributed by atoms with van der Waals surface area (Å²) in [5, 5.41) is 0.362. The zero-order valence-corrected chi connectivity index (χ0v) is 20.1. The molecule has 0 atom stereocenters. The molecule has 10 heteroatoms. The Bertz CT molecular complexity index is 1470. The molecule has 0 fully saturated rings. The number of para-hydroxylation sites is 1. The van der Waals surface area contributed by atoms with Crippen LogP contribution in [0.3, 0.4) is 0 Å². The van der Waals surface area contributed by atoms with Gasteiger partial charge in [-0.25, -0.2) is 13.9 Å². The molecule has 0 saturated carbocycles. The molecule has 4 rings (SSSR count). The van der Waals surface area contributed by atoms with Crippen molar-refractivity contribution >= 4 is 20.7 Å². The van der Waals surface area contributed by atoms with Crippen LogP contribution in [0.5, 0.6) is 11.5 Å². The number of fused-ring (bicyclic) bond motifs is 1. The molecule has 1 aromatic heterocycles. The van der Waals surface area contributed by atoms with E-state index in [2.05, 4.69) is 10.5 Å². The monoisotopic (exact) mass is 516 g/mol. The Hall–Kier alpha value is -3.47. The lowest BCUT2D eigenvalue weighted by Gasteiger charge is -2.13. The van der Waals surface area contributed by atoms with E-state index in [0.29, 0.717) is 41.0 Å². The molecule has 0 unspecified atom stereocenters. The Morgan fingerprint density at radius 1 is 0.944 bits per heavy atom. The Morgan fingerprint density at radius 2 is 1.67 bits per heavy atom. The third-order valence-electron chi connectivity index (χ3n) is 5.46. The third-order valence-corrected chi connectivity index (χ3v) is 7.26. The quantitative estimate of drug-likeness (QED) is 0.216. The lowest BCUT2D eigenvalue weighted by atomic mass is 9.99. The van der Waals surface area contributed by atoms with Gasteiger partial charge < -0.3 is 9.57 Å². The summed E-state index contributed by atoms with van der Waals surface area (Å²) < 4.78 is 71.6. The average Bonchev–Trinajstić information content (AvgIpc) is 2.86. The largest absolute Gasteiger partial charge is 0.457 e. The smallest absolute Gasteiger partial charge is 0.418 e. The molecule has 0 aliphatic carbocycles. The van der Waals surface area contributed by atoms with Crippen LogP contribution in [0, 0.1) is 0 Å². The van der Waals surface area contributed by atoms with Crippen molar-refractivity contribution in [3.63, 3.8) is 0 Å². The fourth-order valence-electron chi connectivity index (χ4n) is 3.81. The zero-order valence-electron chi connectivity index (χ0n) is 19.2. The normalized spacial score (nSPS) is 12.1. The highest BCUT2D eigenvalue weighted by Crippen LogP contribution is 2.37. The van der Waals surface area contributed by atoms with Gasteiger partial charge in [0.15, 0.2) is 9.84 Å². The molecule has 36 heavy (non-hydrogen) atoms. The van der Waals surface area contributed by atoms with Crippen molar-refractivity contribution in [1.82, 2.24) is 10.5 Å². The molecule has 1 N–H and O–H groups in total. The van der Waals surface area contributed by atoms with Crippen molar-refractivity contribution in [3.05, 3.63) is 84.6 Å². The van der Waals surface area contributed by atoms with Crippen LogP contribution in [0.4, 0.5) is 13.2 Å². The van der Waals surface area contributed by atoms with Crippen molar-refractivity contribution in [2.24, 2.45) is 0 Å². The summed E-state index contributed by atoms with van der Waals surface area (Å²) in [6.45, 7) is 0.396. The molecular formula is C26H23F3N2O4S. The number of halogens is 3. The molecule has 6 nitrogen and oxygen atoms in total. The van der Waals surface area contributed by atoms with E-state index in [1.165, 1.54) is 31.5 Å². The summed E-state index contributed by atoms with van der Waals surface area (Å²) in [4.78, 5) is 8.82. The number of alkyl halides is 3. The molecule has 0 aliphatic heterocycles. The SMILES string of the molecule is CONCCCS(=O)(=O)c1cccc(Oc2cccc(-c3ccnc4c(C(F)(F)F)cccc34)c2)c1. The number of hydroxylamine groups is 1. The summed E-state index contributed by atoms with van der Waals surface area (Å²) in [6, 6.07) is 18.6. The maximum atomic E-state index is 13.5. The Balaban J connectivity index is 1.61. The maximum absolute atomic E-state index is 13.5. The summed E-state index contributed by atoms with van der Waals surface area (Å²) in [5.74, 6) is 0.669. The lowest BCUT2D eigenvalue weighted by Crippen LogP contribution is -2.17. The predicted molar refractivity (Wildman–Crippen MR) is 130 cm³/mol. The van der Waals surface area contributed by atoms with Crippen LogP contribution >= 0.6 is 0 Å². The number of sulfone groups is 1. The molecule has 0 bridgehead atoms. The molecule has 3 aromatic carbocycles. The van der Waals surface area contributed by atoms with Crippen molar-refractivity contribution in [2.45, 2.75) is 17.5 Å². The van der Waals surface area contributed by atoms with Gasteiger partial charge in [0.25, 0.3) is 0 Å². The molecule has 0 amide bonds. The van der Waals surface area contributed by atoms with Crippen LogP contribution in [0.1, 0.15) is 12.0 Å². The third kappa shape index (κ3) is 5.84. The van der Waals surface area contributed by atoms with E-state index in [-0.39, 0.29) is 16.2 Å². The predicted octanol–water partition coefficient (Wildman–Crippen LogP) is 6.03. The van der Waals surface area contributed by atoms with Crippen LogP contribution < -0.4 is 10.2 Å². The highest BCUT2D eigenvalue weighted by atomic mass is 32.2. The number of hydrogen-bond acceptors (Lipinski definition) is 6. The number of nitrogens with one attached hydrogen (secondary N) is 1. The Kier molecular flexibility index (Phi) is 7.58. The van der Waals surface area contributed by atoms with Gasteiger partial charge in [0, 0.05) is 18.1 Å². The highest BCUT2D eigenvalue weighted by Gasteiger charge is 2.33. The number of benzene rings is 3. The van der Waals surface area contributed by atoms with Crippen molar-refractivity contribution < 1.29 is 31.2 Å². The van der Waals surface area contributed by atoms with E-state index in [1.54, 1.807) is 48.5 Å². The Labute approximate surface area is 206 Å². The summed E-state index contributed by atoms with van der Waals surface area (Å²) in [6.07, 6.45) is -2.81. The first-order chi connectivity index (χ1) is 17.2. The van der Waals surface area contributed by atoms with Crippen molar-refractivity contribution in [3.8, 4) is 22.6 Å². The average molecular weight is 517 g/mol. The zero-order chi connectivity index (χ0) is 25.8. The van der Waals surface area contributed by atoms with Crippen LogP contribution in [0.15, 0.2) is 83.9 Å². The first-order valence-corrected chi connectivity index (χ1v) is 12.7. The minimum absolute atomic E-state index is 0.0582. The van der Waals surface area contributed by atoms with Crippen LogP contribution in [0.25, 0.3) is 22.0 Å². The van der Waals surface area contributed by atoms with Gasteiger partial charge in [-0.1, -0.05) is 30.3 Å². The standard InChI is InChI=1S/C26H23F3N2O4S/c1-34-31-13-5-15-36(32,33)21-9-3-8-20(17-21)35-19-7-2-6-18(16-19)22-12-14-30-25-23(22)10-4-11-24(25)26(27,28)29/h2-4,6-12,14,16-17,31H,5,13,15H2,1H3. The van der Waals surface area contributed by atoms with Gasteiger partial charge in [0.2, 0.25) is 0 Å².